The average molecular weight is 622 g/mol. The van der Waals surface area contributed by atoms with E-state index in [1.54, 1.807) is 11.9 Å². The number of carbonyl (C=O) groups excluding carboxylic acids is 2. The lowest BCUT2D eigenvalue weighted by Crippen LogP contribution is -2.46. The number of benzene rings is 1. The maximum absolute atomic E-state index is 15.7. The Morgan fingerprint density at radius 1 is 1.07 bits per heavy atom. The molecule has 2 saturated heterocycles. The van der Waals surface area contributed by atoms with Crippen LogP contribution in [0.1, 0.15) is 44.1 Å². The summed E-state index contributed by atoms with van der Waals surface area (Å²) >= 11 is 7.92. The van der Waals surface area contributed by atoms with Gasteiger partial charge in [-0.25, -0.2) is 22.9 Å². The molecule has 0 bridgehead atoms. The predicted octanol–water partition coefficient (Wildman–Crippen LogP) is 4.60. The van der Waals surface area contributed by atoms with E-state index in [9.17, 15) is 9.59 Å². The number of piperazine rings is 1. The third-order valence-corrected chi connectivity index (χ3v) is 9.49. The van der Waals surface area contributed by atoms with E-state index < -0.39 is 11.8 Å². The number of rotatable bonds is 9. The van der Waals surface area contributed by atoms with E-state index in [-0.39, 0.29) is 28.7 Å². The zero-order valence-electron chi connectivity index (χ0n) is 23.5. The van der Waals surface area contributed by atoms with Crippen molar-refractivity contribution >= 4 is 47.0 Å². The number of nitrogens with zero attached hydrogens (tertiary/aromatic N) is 4. The van der Waals surface area contributed by atoms with Gasteiger partial charge in [-0.3, -0.25) is 4.79 Å². The largest absolute Gasteiger partial charge is 0.354 e. The Bertz CT molecular complexity index is 1240. The molecular weight excluding hydrogens is 584 g/mol. The molecule has 2 aromatic rings. The van der Waals surface area contributed by atoms with Gasteiger partial charge in [0.15, 0.2) is 0 Å². The van der Waals surface area contributed by atoms with Gasteiger partial charge in [-0.2, -0.15) is 0 Å². The summed E-state index contributed by atoms with van der Waals surface area (Å²) in [5.74, 6) is -3.25. The Kier molecular flexibility index (Phi) is 10.1. The van der Waals surface area contributed by atoms with Crippen molar-refractivity contribution in [3.8, 4) is 0 Å². The lowest BCUT2D eigenvalue weighted by Gasteiger charge is -2.36. The normalized spacial score (nSPS) is 22.0. The Morgan fingerprint density at radius 2 is 1.79 bits per heavy atom. The summed E-state index contributed by atoms with van der Waals surface area (Å²) in [5, 5.41) is 5.56. The fourth-order valence-electron chi connectivity index (χ4n) is 5.86. The van der Waals surface area contributed by atoms with E-state index in [0.29, 0.717) is 64.1 Å². The lowest BCUT2D eigenvalue weighted by molar-refractivity contribution is -0.117. The highest BCUT2D eigenvalue weighted by Crippen LogP contribution is 2.45. The predicted molar refractivity (Wildman–Crippen MR) is 162 cm³/mol. The average Bonchev–Trinajstić information content (AvgIpc) is 3.42. The van der Waals surface area contributed by atoms with Gasteiger partial charge in [-0.1, -0.05) is 11.6 Å². The van der Waals surface area contributed by atoms with Crippen molar-refractivity contribution in [2.45, 2.75) is 55.4 Å². The van der Waals surface area contributed by atoms with Crippen molar-refractivity contribution in [3.63, 3.8) is 0 Å². The number of hydrogen-bond acceptors (Lipinski definition) is 7. The molecule has 42 heavy (non-hydrogen) atoms. The number of hydrogen-bond donors (Lipinski definition) is 3. The molecule has 4 N–H and O–H groups in total. The van der Waals surface area contributed by atoms with Crippen LogP contribution in [-0.2, 0) is 10.7 Å². The number of urea groups is 1. The highest BCUT2D eigenvalue weighted by Gasteiger charge is 2.44. The quantitative estimate of drug-likeness (QED) is 0.278. The topological polar surface area (TPSA) is 107 Å². The van der Waals surface area contributed by atoms with E-state index >= 15 is 8.78 Å². The molecule has 228 valence electrons. The van der Waals surface area contributed by atoms with Gasteiger partial charge in [0.25, 0.3) is 5.92 Å². The number of nitrogens with one attached hydrogen (secondary N) is 2. The number of carbonyl (C=O) groups is 2. The Balaban J connectivity index is 1.14. The van der Waals surface area contributed by atoms with E-state index in [2.05, 4.69) is 19.9 Å². The number of aromatic nitrogens is 1. The fourth-order valence-corrected chi connectivity index (χ4v) is 6.97. The first-order valence-electron chi connectivity index (χ1n) is 14.6. The first kappa shape index (κ1) is 30.8. The molecule has 1 aromatic carbocycles. The number of amides is 3. The van der Waals surface area contributed by atoms with E-state index in [1.807, 2.05) is 34.1 Å². The first-order valence-corrected chi connectivity index (χ1v) is 15.8. The van der Waals surface area contributed by atoms with Crippen LogP contribution in [-0.4, -0.2) is 73.1 Å². The second-order valence-electron chi connectivity index (χ2n) is 11.0. The third-order valence-electron chi connectivity index (χ3n) is 8.19. The van der Waals surface area contributed by atoms with Crippen LogP contribution in [0.15, 0.2) is 41.3 Å². The smallest absolute Gasteiger partial charge is 0.315 e. The Hall–Kier alpha value is -2.67. The zero-order chi connectivity index (χ0) is 29.7. The summed E-state index contributed by atoms with van der Waals surface area (Å²) < 4.78 is 33.7. The second-order valence-corrected chi connectivity index (χ2v) is 12.6. The highest BCUT2D eigenvalue weighted by atomic mass is 35.5. The minimum Gasteiger partial charge on any atom is -0.354 e. The molecule has 1 saturated carbocycles. The van der Waals surface area contributed by atoms with Crippen molar-refractivity contribution in [3.05, 3.63) is 47.1 Å². The summed E-state index contributed by atoms with van der Waals surface area (Å²) in [6, 6.07) is 10.4. The number of halogens is 3. The molecule has 3 fully saturated rings. The minimum atomic E-state index is -3.06. The number of anilines is 2. The highest BCUT2D eigenvalue weighted by molar-refractivity contribution is 7.97. The zero-order valence-corrected chi connectivity index (χ0v) is 25.1. The third kappa shape index (κ3) is 7.45. The summed E-state index contributed by atoms with van der Waals surface area (Å²) in [6.07, 6.45) is 3.08. The van der Waals surface area contributed by atoms with Gasteiger partial charge in [0.1, 0.15) is 11.0 Å². The molecule has 3 heterocycles. The first-order chi connectivity index (χ1) is 20.2. The second kappa shape index (κ2) is 13.7. The minimum absolute atomic E-state index is 0.0579. The summed E-state index contributed by atoms with van der Waals surface area (Å²) in [5.41, 5.74) is 6.23. The molecule has 1 aromatic heterocycles. The van der Waals surface area contributed by atoms with Crippen LogP contribution in [0.2, 0.25) is 5.15 Å². The van der Waals surface area contributed by atoms with Gasteiger partial charge in [0.05, 0.1) is 0 Å². The maximum atomic E-state index is 15.7. The van der Waals surface area contributed by atoms with Crippen molar-refractivity contribution in [2.24, 2.45) is 11.7 Å². The van der Waals surface area contributed by atoms with Crippen molar-refractivity contribution < 1.29 is 18.4 Å². The van der Waals surface area contributed by atoms with Crippen LogP contribution in [0.5, 0.6) is 0 Å². The number of nitrogens with two attached hydrogens (primary N) is 1. The molecule has 3 amide bonds. The molecule has 0 spiro atoms. The molecule has 0 unspecified atom stereocenters. The number of alkyl halides is 2. The summed E-state index contributed by atoms with van der Waals surface area (Å²) in [7, 11) is 0. The standard InChI is InChI=1S/C29H38ClF2N7O2S/c30-25-18-21(29(31,32)20-3-5-22(6-4-20)35-28(41)34-12-11-33)19-26(36-25)37-14-16-38(17-15-37)42-24-9-7-23(8-10-24)39-13-1-2-27(39)40/h7-10,18-20,22H,1-6,11-17,33H2,(H2,34,35,41). The van der Waals surface area contributed by atoms with E-state index in [0.717, 1.165) is 36.6 Å². The van der Waals surface area contributed by atoms with Crippen LogP contribution in [0.25, 0.3) is 0 Å². The molecule has 13 heteroatoms. The van der Waals surface area contributed by atoms with Crippen LogP contribution >= 0.6 is 23.5 Å². The monoisotopic (exact) mass is 621 g/mol. The van der Waals surface area contributed by atoms with Gasteiger partial charge < -0.3 is 26.2 Å². The van der Waals surface area contributed by atoms with Crippen LogP contribution < -0.4 is 26.2 Å². The van der Waals surface area contributed by atoms with Gasteiger partial charge in [0.2, 0.25) is 5.91 Å². The van der Waals surface area contributed by atoms with Gasteiger partial charge in [0, 0.05) is 80.3 Å². The Labute approximate surface area is 254 Å². The number of pyridine rings is 1. The summed E-state index contributed by atoms with van der Waals surface area (Å²) in [6.45, 7) is 4.21. The molecule has 0 atom stereocenters. The molecule has 2 aliphatic heterocycles. The van der Waals surface area contributed by atoms with Crippen molar-refractivity contribution in [1.82, 2.24) is 19.9 Å². The van der Waals surface area contributed by atoms with E-state index in [1.165, 1.54) is 12.1 Å². The lowest BCUT2D eigenvalue weighted by atomic mass is 9.80. The molecule has 5 rings (SSSR count). The van der Waals surface area contributed by atoms with Crippen molar-refractivity contribution in [2.75, 3.05) is 55.6 Å². The van der Waals surface area contributed by atoms with Crippen molar-refractivity contribution in [1.29, 1.82) is 0 Å². The van der Waals surface area contributed by atoms with Crippen LogP contribution in [0, 0.1) is 5.92 Å². The van der Waals surface area contributed by atoms with Gasteiger partial charge >= 0.3 is 6.03 Å². The molecule has 0 radical (unpaired) electrons. The van der Waals surface area contributed by atoms with Crippen LogP contribution in [0.4, 0.5) is 25.1 Å². The molecule has 3 aliphatic rings. The van der Waals surface area contributed by atoms with Crippen LogP contribution in [0.3, 0.4) is 0 Å². The molecular formula is C29H38ClF2N7O2S. The van der Waals surface area contributed by atoms with Gasteiger partial charge in [-0.05, 0) is 80.5 Å². The molecule has 9 nitrogen and oxygen atoms in total. The maximum Gasteiger partial charge on any atom is 0.315 e. The summed E-state index contributed by atoms with van der Waals surface area (Å²) in [4.78, 5) is 33.2. The fraction of sp³-hybridized carbons (Fsp3) is 0.552. The SMILES string of the molecule is NCCNC(=O)NC1CCC(C(F)(F)c2cc(Cl)nc(N3CCN(Sc4ccc(N5CCCC5=O)cc4)CC3)c2)CC1. The van der Waals surface area contributed by atoms with Gasteiger partial charge in [-0.15, -0.1) is 0 Å². The molecule has 1 aliphatic carbocycles. The van der Waals surface area contributed by atoms with E-state index in [4.69, 9.17) is 17.3 Å². The Morgan fingerprint density at radius 3 is 2.43 bits per heavy atom.